The first-order valence-electron chi connectivity index (χ1n) is 5.36. The standard InChI is InChI=1S/C14H12F2S/c1-14(16)8-7-11(12(15)9-14)13(17)10-5-3-2-4-6-10/h2-8H,9H2,1H3. The summed E-state index contributed by atoms with van der Waals surface area (Å²) in [4.78, 5) is 0.426. The maximum Gasteiger partial charge on any atom is 0.133 e. The topological polar surface area (TPSA) is 0 Å². The molecule has 3 heteroatoms. The molecular weight excluding hydrogens is 238 g/mol. The van der Waals surface area contributed by atoms with Gasteiger partial charge in [-0.3, -0.25) is 0 Å². The predicted molar refractivity (Wildman–Crippen MR) is 69.5 cm³/mol. The van der Waals surface area contributed by atoms with E-state index < -0.39 is 11.5 Å². The Labute approximate surface area is 105 Å². The normalized spacial score (nSPS) is 23.9. The third-order valence-corrected chi connectivity index (χ3v) is 3.13. The molecule has 1 aliphatic carbocycles. The Balaban J connectivity index is 2.31. The number of hydrogen-bond donors (Lipinski definition) is 0. The average molecular weight is 250 g/mol. The largest absolute Gasteiger partial charge is 0.239 e. The highest BCUT2D eigenvalue weighted by molar-refractivity contribution is 7.81. The molecule has 0 amide bonds. The van der Waals surface area contributed by atoms with E-state index in [0.717, 1.165) is 5.56 Å². The Morgan fingerprint density at radius 1 is 1.29 bits per heavy atom. The first-order valence-corrected chi connectivity index (χ1v) is 5.77. The molecule has 0 saturated carbocycles. The Morgan fingerprint density at radius 2 is 1.94 bits per heavy atom. The lowest BCUT2D eigenvalue weighted by Gasteiger charge is -2.21. The highest BCUT2D eigenvalue weighted by Gasteiger charge is 2.28. The first kappa shape index (κ1) is 12.1. The summed E-state index contributed by atoms with van der Waals surface area (Å²) in [5.41, 5.74) is -0.513. The van der Waals surface area contributed by atoms with Crippen LogP contribution in [-0.2, 0) is 0 Å². The molecule has 1 aromatic carbocycles. The fourth-order valence-electron chi connectivity index (χ4n) is 1.75. The number of halogens is 2. The van der Waals surface area contributed by atoms with E-state index in [9.17, 15) is 8.78 Å². The Bertz CT molecular complexity index is 498. The molecule has 0 fully saturated rings. The van der Waals surface area contributed by atoms with E-state index in [1.165, 1.54) is 19.1 Å². The van der Waals surface area contributed by atoms with Crippen LogP contribution >= 0.6 is 12.2 Å². The summed E-state index contributed by atoms with van der Waals surface area (Å²) < 4.78 is 27.3. The van der Waals surface area contributed by atoms with Crippen LogP contribution in [0.3, 0.4) is 0 Å². The molecule has 0 radical (unpaired) electrons. The second kappa shape index (κ2) is 4.49. The molecule has 0 aliphatic heterocycles. The van der Waals surface area contributed by atoms with Crippen LogP contribution in [0.4, 0.5) is 8.78 Å². The van der Waals surface area contributed by atoms with Gasteiger partial charge in [0.1, 0.15) is 11.5 Å². The molecule has 0 N–H and O–H groups in total. The molecule has 0 saturated heterocycles. The summed E-state index contributed by atoms with van der Waals surface area (Å²) in [6, 6.07) is 9.18. The van der Waals surface area contributed by atoms with Gasteiger partial charge in [0.2, 0.25) is 0 Å². The van der Waals surface area contributed by atoms with Gasteiger partial charge in [-0.25, -0.2) is 8.78 Å². The van der Waals surface area contributed by atoms with E-state index in [4.69, 9.17) is 12.2 Å². The quantitative estimate of drug-likeness (QED) is 0.556. The number of thiocarbonyl (C=S) groups is 1. The summed E-state index contributed by atoms with van der Waals surface area (Å²) in [6.45, 7) is 1.35. The van der Waals surface area contributed by atoms with Gasteiger partial charge >= 0.3 is 0 Å². The molecule has 0 heterocycles. The molecule has 1 aromatic rings. The molecule has 1 aliphatic rings. The lowest BCUT2D eigenvalue weighted by molar-refractivity contribution is 0.239. The maximum absolute atomic E-state index is 13.8. The maximum atomic E-state index is 13.8. The van der Waals surface area contributed by atoms with Crippen LogP contribution < -0.4 is 0 Å². The highest BCUT2D eigenvalue weighted by Crippen LogP contribution is 2.32. The van der Waals surface area contributed by atoms with Gasteiger partial charge in [0.15, 0.2) is 0 Å². The second-order valence-corrected chi connectivity index (χ2v) is 4.71. The van der Waals surface area contributed by atoms with Crippen molar-refractivity contribution < 1.29 is 8.78 Å². The molecule has 88 valence electrons. The van der Waals surface area contributed by atoms with Crippen LogP contribution in [-0.4, -0.2) is 10.5 Å². The third kappa shape index (κ3) is 2.67. The molecule has 0 spiro atoms. The van der Waals surface area contributed by atoms with E-state index in [2.05, 4.69) is 0 Å². The summed E-state index contributed by atoms with van der Waals surface area (Å²) in [5.74, 6) is -0.480. The summed E-state index contributed by atoms with van der Waals surface area (Å²) in [5, 5.41) is 0. The number of alkyl halides is 1. The van der Waals surface area contributed by atoms with Crippen LogP contribution in [0.25, 0.3) is 0 Å². The van der Waals surface area contributed by atoms with Gasteiger partial charge in [-0.05, 0) is 18.6 Å². The van der Waals surface area contributed by atoms with Crippen molar-refractivity contribution in [1.29, 1.82) is 0 Å². The van der Waals surface area contributed by atoms with Crippen molar-refractivity contribution in [2.24, 2.45) is 0 Å². The van der Waals surface area contributed by atoms with Gasteiger partial charge < -0.3 is 0 Å². The molecule has 0 nitrogen and oxygen atoms in total. The van der Waals surface area contributed by atoms with E-state index in [1.54, 1.807) is 0 Å². The molecule has 0 bridgehead atoms. The first-order chi connectivity index (χ1) is 7.99. The molecule has 0 aromatic heterocycles. The van der Waals surface area contributed by atoms with E-state index in [1.807, 2.05) is 30.3 Å². The van der Waals surface area contributed by atoms with Gasteiger partial charge in [-0.1, -0.05) is 48.6 Å². The van der Waals surface area contributed by atoms with Crippen molar-refractivity contribution in [1.82, 2.24) is 0 Å². The minimum atomic E-state index is -1.61. The van der Waals surface area contributed by atoms with Crippen molar-refractivity contribution in [2.45, 2.75) is 19.0 Å². The van der Waals surface area contributed by atoms with Crippen molar-refractivity contribution >= 4 is 17.1 Å². The number of rotatable bonds is 2. The van der Waals surface area contributed by atoms with Gasteiger partial charge in [0, 0.05) is 12.0 Å². The summed E-state index contributed by atoms with van der Waals surface area (Å²) in [7, 11) is 0. The average Bonchev–Trinajstić information content (AvgIpc) is 2.28. The van der Waals surface area contributed by atoms with Gasteiger partial charge in [0.25, 0.3) is 0 Å². The number of allylic oxidation sites excluding steroid dienone is 4. The van der Waals surface area contributed by atoms with Crippen molar-refractivity contribution in [3.63, 3.8) is 0 Å². The number of benzene rings is 1. The molecule has 1 unspecified atom stereocenters. The fourth-order valence-corrected chi connectivity index (χ4v) is 2.06. The van der Waals surface area contributed by atoms with Crippen molar-refractivity contribution in [2.75, 3.05) is 0 Å². The summed E-state index contributed by atoms with van der Waals surface area (Å²) in [6.07, 6.45) is 2.56. The summed E-state index contributed by atoms with van der Waals surface area (Å²) >= 11 is 5.22. The Hall–Kier alpha value is -1.35. The third-order valence-electron chi connectivity index (χ3n) is 2.67. The lowest BCUT2D eigenvalue weighted by Crippen LogP contribution is -2.19. The van der Waals surface area contributed by atoms with Crippen LogP contribution in [0.5, 0.6) is 0 Å². The second-order valence-electron chi connectivity index (χ2n) is 4.30. The van der Waals surface area contributed by atoms with Gasteiger partial charge in [-0.2, -0.15) is 0 Å². The van der Waals surface area contributed by atoms with Gasteiger partial charge in [-0.15, -0.1) is 0 Å². The van der Waals surface area contributed by atoms with E-state index in [0.29, 0.717) is 10.4 Å². The fraction of sp³-hybridized carbons (Fsp3) is 0.214. The van der Waals surface area contributed by atoms with Crippen LogP contribution in [0.15, 0.2) is 53.9 Å². The van der Waals surface area contributed by atoms with E-state index in [-0.39, 0.29) is 6.42 Å². The smallest absolute Gasteiger partial charge is 0.133 e. The van der Waals surface area contributed by atoms with Crippen molar-refractivity contribution in [3.05, 3.63) is 59.4 Å². The van der Waals surface area contributed by atoms with Crippen molar-refractivity contribution in [3.8, 4) is 0 Å². The molecule has 1 atom stereocenters. The molecule has 2 rings (SSSR count). The van der Waals surface area contributed by atoms with E-state index >= 15 is 0 Å². The SMILES string of the molecule is CC1(F)C=CC(C(=S)c2ccccc2)=C(F)C1. The Kier molecular flexibility index (Phi) is 3.20. The van der Waals surface area contributed by atoms with Crippen LogP contribution in [0, 0.1) is 0 Å². The lowest BCUT2D eigenvalue weighted by atomic mass is 9.91. The highest BCUT2D eigenvalue weighted by atomic mass is 32.1. The minimum Gasteiger partial charge on any atom is -0.239 e. The monoisotopic (exact) mass is 250 g/mol. The van der Waals surface area contributed by atoms with Crippen LogP contribution in [0.1, 0.15) is 18.9 Å². The number of hydrogen-bond acceptors (Lipinski definition) is 1. The van der Waals surface area contributed by atoms with Gasteiger partial charge in [0.05, 0.1) is 4.86 Å². The predicted octanol–water partition coefficient (Wildman–Crippen LogP) is 4.32. The zero-order chi connectivity index (χ0) is 12.5. The minimum absolute atomic E-state index is 0.244. The molecule has 17 heavy (non-hydrogen) atoms. The Morgan fingerprint density at radius 3 is 2.53 bits per heavy atom. The molecular formula is C14H12F2S. The zero-order valence-electron chi connectivity index (χ0n) is 9.41. The van der Waals surface area contributed by atoms with Crippen LogP contribution in [0.2, 0.25) is 0 Å². The zero-order valence-corrected chi connectivity index (χ0v) is 10.2.